The number of hydrogen-bond acceptors (Lipinski definition) is 3. The second-order valence-corrected chi connectivity index (χ2v) is 6.08. The van der Waals surface area contributed by atoms with Crippen molar-refractivity contribution in [1.82, 2.24) is 4.90 Å². The Labute approximate surface area is 101 Å². The van der Waals surface area contributed by atoms with E-state index >= 15 is 0 Å². The number of halogens is 1. The van der Waals surface area contributed by atoms with E-state index in [9.17, 15) is 9.18 Å². The molecule has 5 heteroatoms. The molecule has 0 aromatic rings. The van der Waals surface area contributed by atoms with Crippen LogP contribution in [0.3, 0.4) is 0 Å². The Kier molecular flexibility index (Phi) is 4.47. The lowest BCUT2D eigenvalue weighted by Gasteiger charge is -2.34. The molecule has 0 unspecified atom stereocenters. The Bertz CT molecular complexity index is 255. The standard InChI is InChI=1S/C11H20FNO2S/c1-11(2,3)15-10(14)13-6-5-9(16-4)8(12)7-13/h8-9H,5-7H2,1-4H3/t8-,9-/m0/s1. The van der Waals surface area contributed by atoms with Crippen LogP contribution >= 0.6 is 11.8 Å². The van der Waals surface area contributed by atoms with Crippen LogP contribution in [0.2, 0.25) is 0 Å². The molecule has 1 amide bonds. The summed E-state index contributed by atoms with van der Waals surface area (Å²) in [6.45, 7) is 6.17. The van der Waals surface area contributed by atoms with Gasteiger partial charge in [0.25, 0.3) is 0 Å². The monoisotopic (exact) mass is 249 g/mol. The van der Waals surface area contributed by atoms with Crippen molar-refractivity contribution in [2.75, 3.05) is 19.3 Å². The van der Waals surface area contributed by atoms with Crippen molar-refractivity contribution in [2.45, 2.75) is 44.2 Å². The number of rotatable bonds is 1. The van der Waals surface area contributed by atoms with Gasteiger partial charge in [-0.2, -0.15) is 11.8 Å². The third kappa shape index (κ3) is 3.85. The smallest absolute Gasteiger partial charge is 0.410 e. The van der Waals surface area contributed by atoms with Gasteiger partial charge in [-0.15, -0.1) is 0 Å². The molecule has 1 rings (SSSR count). The summed E-state index contributed by atoms with van der Waals surface area (Å²) in [4.78, 5) is 13.1. The van der Waals surface area contributed by atoms with E-state index in [0.717, 1.165) is 0 Å². The van der Waals surface area contributed by atoms with Crippen molar-refractivity contribution >= 4 is 17.9 Å². The molecule has 0 bridgehead atoms. The molecule has 1 heterocycles. The largest absolute Gasteiger partial charge is 0.444 e. The summed E-state index contributed by atoms with van der Waals surface area (Å²) >= 11 is 1.53. The Morgan fingerprint density at radius 2 is 2.12 bits per heavy atom. The van der Waals surface area contributed by atoms with Crippen LogP contribution in [0.5, 0.6) is 0 Å². The maximum absolute atomic E-state index is 13.6. The van der Waals surface area contributed by atoms with E-state index in [1.54, 1.807) is 0 Å². The molecule has 0 radical (unpaired) electrons. The second-order valence-electron chi connectivity index (χ2n) is 5.01. The minimum absolute atomic E-state index is 0.0127. The Morgan fingerprint density at radius 1 is 1.50 bits per heavy atom. The zero-order chi connectivity index (χ0) is 12.3. The van der Waals surface area contributed by atoms with Gasteiger partial charge in [0.2, 0.25) is 0 Å². The number of carbonyl (C=O) groups excluding carboxylic acids is 1. The average Bonchev–Trinajstić information content (AvgIpc) is 2.15. The average molecular weight is 249 g/mol. The first kappa shape index (κ1) is 13.6. The molecule has 0 N–H and O–H groups in total. The van der Waals surface area contributed by atoms with E-state index in [-0.39, 0.29) is 11.8 Å². The van der Waals surface area contributed by atoms with Crippen LogP contribution in [-0.4, -0.2) is 47.4 Å². The summed E-state index contributed by atoms with van der Waals surface area (Å²) in [6, 6.07) is 0. The molecule has 0 saturated carbocycles. The number of hydrogen-bond donors (Lipinski definition) is 0. The number of likely N-dealkylation sites (tertiary alicyclic amines) is 1. The Hall–Kier alpha value is -0.450. The quantitative estimate of drug-likeness (QED) is 0.715. The van der Waals surface area contributed by atoms with Crippen LogP contribution in [0.15, 0.2) is 0 Å². The molecule has 0 spiro atoms. The van der Waals surface area contributed by atoms with E-state index in [0.29, 0.717) is 13.0 Å². The van der Waals surface area contributed by atoms with Gasteiger partial charge in [0.1, 0.15) is 11.8 Å². The number of nitrogens with zero attached hydrogens (tertiary/aromatic N) is 1. The van der Waals surface area contributed by atoms with Crippen molar-refractivity contribution in [3.05, 3.63) is 0 Å². The molecule has 1 aliphatic heterocycles. The van der Waals surface area contributed by atoms with Gasteiger partial charge in [-0.25, -0.2) is 9.18 Å². The SMILES string of the molecule is CS[C@H]1CCN(C(=O)OC(C)(C)C)C[C@@H]1F. The lowest BCUT2D eigenvalue weighted by molar-refractivity contribution is 0.0147. The number of amides is 1. The maximum atomic E-state index is 13.6. The van der Waals surface area contributed by atoms with Gasteiger partial charge in [-0.05, 0) is 33.4 Å². The normalized spacial score (nSPS) is 26.7. The van der Waals surface area contributed by atoms with Gasteiger partial charge >= 0.3 is 6.09 Å². The molecule has 0 aromatic carbocycles. The van der Waals surface area contributed by atoms with E-state index in [4.69, 9.17) is 4.74 Å². The van der Waals surface area contributed by atoms with Crippen LogP contribution in [0, 0.1) is 0 Å². The molecule has 0 aliphatic carbocycles. The molecule has 1 fully saturated rings. The van der Waals surface area contributed by atoms with Gasteiger partial charge in [-0.1, -0.05) is 0 Å². The highest BCUT2D eigenvalue weighted by Gasteiger charge is 2.32. The number of thioether (sulfide) groups is 1. The number of alkyl halides is 1. The zero-order valence-corrected chi connectivity index (χ0v) is 11.1. The van der Waals surface area contributed by atoms with Gasteiger partial charge in [0, 0.05) is 11.8 Å². The number of ether oxygens (including phenoxy) is 1. The van der Waals surface area contributed by atoms with Crippen molar-refractivity contribution in [3.63, 3.8) is 0 Å². The topological polar surface area (TPSA) is 29.5 Å². The predicted octanol–water partition coefficient (Wildman–Crippen LogP) is 2.70. The molecule has 16 heavy (non-hydrogen) atoms. The van der Waals surface area contributed by atoms with Crippen molar-refractivity contribution in [2.24, 2.45) is 0 Å². The highest BCUT2D eigenvalue weighted by atomic mass is 32.2. The van der Waals surface area contributed by atoms with Gasteiger partial charge in [0.15, 0.2) is 0 Å². The van der Waals surface area contributed by atoms with Crippen LogP contribution < -0.4 is 0 Å². The lowest BCUT2D eigenvalue weighted by atomic mass is 10.1. The third-order valence-electron chi connectivity index (χ3n) is 2.44. The maximum Gasteiger partial charge on any atom is 0.410 e. The first-order valence-corrected chi connectivity index (χ1v) is 6.77. The Morgan fingerprint density at radius 3 is 2.56 bits per heavy atom. The van der Waals surface area contributed by atoms with Gasteiger partial charge in [-0.3, -0.25) is 0 Å². The van der Waals surface area contributed by atoms with Crippen molar-refractivity contribution in [3.8, 4) is 0 Å². The Balaban J connectivity index is 2.48. The summed E-state index contributed by atoms with van der Waals surface area (Å²) < 4.78 is 18.8. The summed E-state index contributed by atoms with van der Waals surface area (Å²) in [5.41, 5.74) is -0.515. The zero-order valence-electron chi connectivity index (χ0n) is 10.3. The molecular weight excluding hydrogens is 229 g/mol. The molecular formula is C11H20FNO2S. The van der Waals surface area contributed by atoms with Crippen LogP contribution in [0.4, 0.5) is 9.18 Å². The highest BCUT2D eigenvalue weighted by Crippen LogP contribution is 2.25. The van der Waals surface area contributed by atoms with Crippen molar-refractivity contribution in [1.29, 1.82) is 0 Å². The molecule has 0 aromatic heterocycles. The third-order valence-corrected chi connectivity index (χ3v) is 3.57. The first-order valence-electron chi connectivity index (χ1n) is 5.48. The number of piperidine rings is 1. The van der Waals surface area contributed by atoms with Crippen molar-refractivity contribution < 1.29 is 13.9 Å². The summed E-state index contributed by atoms with van der Waals surface area (Å²) in [7, 11) is 0. The first-order chi connectivity index (χ1) is 7.33. The molecule has 3 nitrogen and oxygen atoms in total. The van der Waals surface area contributed by atoms with E-state index < -0.39 is 17.9 Å². The molecule has 1 aliphatic rings. The van der Waals surface area contributed by atoms with Crippen LogP contribution in [0.1, 0.15) is 27.2 Å². The van der Waals surface area contributed by atoms with Crippen LogP contribution in [0.25, 0.3) is 0 Å². The van der Waals surface area contributed by atoms with Gasteiger partial charge < -0.3 is 9.64 Å². The second kappa shape index (κ2) is 5.25. The molecule has 1 saturated heterocycles. The predicted molar refractivity (Wildman–Crippen MR) is 64.6 cm³/mol. The fourth-order valence-electron chi connectivity index (χ4n) is 1.64. The molecule has 2 atom stereocenters. The summed E-state index contributed by atoms with van der Waals surface area (Å²) in [5.74, 6) is 0. The van der Waals surface area contributed by atoms with Gasteiger partial charge in [0.05, 0.1) is 6.54 Å². The van der Waals surface area contributed by atoms with Crippen LogP contribution in [-0.2, 0) is 4.74 Å². The summed E-state index contributed by atoms with van der Waals surface area (Å²) in [5, 5.41) is 0.0127. The van der Waals surface area contributed by atoms with E-state index in [1.807, 2.05) is 27.0 Å². The van der Waals surface area contributed by atoms with E-state index in [1.165, 1.54) is 16.7 Å². The fraction of sp³-hybridized carbons (Fsp3) is 0.909. The number of carbonyl (C=O) groups is 1. The molecule has 94 valence electrons. The summed E-state index contributed by atoms with van der Waals surface area (Å²) in [6.07, 6.45) is 1.24. The highest BCUT2D eigenvalue weighted by molar-refractivity contribution is 7.99. The van der Waals surface area contributed by atoms with E-state index in [2.05, 4.69) is 0 Å². The fourth-order valence-corrected chi connectivity index (χ4v) is 2.36. The minimum Gasteiger partial charge on any atom is -0.444 e. The minimum atomic E-state index is -0.948. The lowest BCUT2D eigenvalue weighted by Crippen LogP contribution is -2.47.